The molecule has 120 valence electrons. The van der Waals surface area contributed by atoms with E-state index in [9.17, 15) is 4.79 Å². The molecule has 0 radical (unpaired) electrons. The summed E-state index contributed by atoms with van der Waals surface area (Å²) in [6.07, 6.45) is 6.08. The van der Waals surface area contributed by atoms with Crippen LogP contribution in [0.2, 0.25) is 0 Å². The average molecular weight is 310 g/mol. The fraction of sp³-hybridized carbons (Fsp3) is 0.474. The molecule has 1 heterocycles. The number of hydrogen-bond acceptors (Lipinski definition) is 3. The van der Waals surface area contributed by atoms with Crippen molar-refractivity contribution in [2.24, 2.45) is 5.92 Å². The fourth-order valence-electron chi connectivity index (χ4n) is 3.89. The van der Waals surface area contributed by atoms with Gasteiger partial charge < -0.3 is 9.84 Å². The second kappa shape index (κ2) is 5.84. The minimum Gasteiger partial charge on any atom is -0.360 e. The third-order valence-corrected chi connectivity index (χ3v) is 5.18. The van der Waals surface area contributed by atoms with E-state index in [1.165, 1.54) is 11.1 Å². The lowest BCUT2D eigenvalue weighted by Gasteiger charge is -2.26. The highest BCUT2D eigenvalue weighted by Gasteiger charge is 2.29. The van der Waals surface area contributed by atoms with E-state index in [1.807, 2.05) is 6.07 Å². The molecule has 1 amide bonds. The van der Waals surface area contributed by atoms with Gasteiger partial charge in [0, 0.05) is 12.0 Å². The SMILES string of the molecule is C[C@H]1CCc2onc(C(=O)N[C@H]3CCCc4ccccc43)c2C1. The quantitative estimate of drug-likeness (QED) is 0.922. The Labute approximate surface area is 136 Å². The highest BCUT2D eigenvalue weighted by Crippen LogP contribution is 2.31. The molecule has 1 aromatic carbocycles. The molecule has 0 unspecified atom stereocenters. The van der Waals surface area contributed by atoms with Gasteiger partial charge in [0.1, 0.15) is 5.76 Å². The van der Waals surface area contributed by atoms with E-state index in [2.05, 4.69) is 35.6 Å². The predicted octanol–water partition coefficient (Wildman–Crippen LogP) is 3.61. The molecule has 2 aliphatic carbocycles. The van der Waals surface area contributed by atoms with Crippen molar-refractivity contribution in [2.45, 2.75) is 51.5 Å². The maximum absolute atomic E-state index is 12.7. The Morgan fingerprint density at radius 3 is 3.04 bits per heavy atom. The van der Waals surface area contributed by atoms with Gasteiger partial charge in [-0.25, -0.2) is 0 Å². The number of nitrogens with zero attached hydrogens (tertiary/aromatic N) is 1. The number of aromatic nitrogens is 1. The molecule has 1 aromatic heterocycles. The van der Waals surface area contributed by atoms with Crippen molar-refractivity contribution < 1.29 is 9.32 Å². The van der Waals surface area contributed by atoms with Gasteiger partial charge in [-0.05, 0) is 49.1 Å². The van der Waals surface area contributed by atoms with Gasteiger partial charge in [0.2, 0.25) is 0 Å². The van der Waals surface area contributed by atoms with Crippen molar-refractivity contribution >= 4 is 5.91 Å². The standard InChI is InChI=1S/C19H22N2O2/c1-12-9-10-17-15(11-12)18(21-23-17)19(22)20-16-8-4-6-13-5-2-3-7-14(13)16/h2-3,5,7,12,16H,4,6,8-11H2,1H3,(H,20,22)/t12-,16-/m0/s1. The Morgan fingerprint density at radius 2 is 2.13 bits per heavy atom. The lowest BCUT2D eigenvalue weighted by Crippen LogP contribution is -2.32. The normalized spacial score (nSPS) is 23.0. The highest BCUT2D eigenvalue weighted by molar-refractivity contribution is 5.94. The molecule has 2 aromatic rings. The topological polar surface area (TPSA) is 55.1 Å². The van der Waals surface area contributed by atoms with E-state index >= 15 is 0 Å². The van der Waals surface area contributed by atoms with Gasteiger partial charge >= 0.3 is 0 Å². The number of amides is 1. The Balaban J connectivity index is 1.57. The van der Waals surface area contributed by atoms with Gasteiger partial charge in [0.05, 0.1) is 6.04 Å². The van der Waals surface area contributed by atoms with Crippen molar-refractivity contribution in [2.75, 3.05) is 0 Å². The van der Waals surface area contributed by atoms with Gasteiger partial charge in [-0.3, -0.25) is 4.79 Å². The van der Waals surface area contributed by atoms with Gasteiger partial charge in [-0.15, -0.1) is 0 Å². The second-order valence-electron chi connectivity index (χ2n) is 6.90. The van der Waals surface area contributed by atoms with Gasteiger partial charge in [0.25, 0.3) is 5.91 Å². The van der Waals surface area contributed by atoms with Gasteiger partial charge in [-0.2, -0.15) is 0 Å². The minimum absolute atomic E-state index is 0.0841. The number of carbonyl (C=O) groups is 1. The Kier molecular flexibility index (Phi) is 3.68. The maximum atomic E-state index is 12.7. The molecule has 0 saturated carbocycles. The smallest absolute Gasteiger partial charge is 0.274 e. The van der Waals surface area contributed by atoms with Crippen LogP contribution in [0.5, 0.6) is 0 Å². The summed E-state index contributed by atoms with van der Waals surface area (Å²) in [6.45, 7) is 2.22. The molecule has 4 rings (SSSR count). The van der Waals surface area contributed by atoms with Crippen LogP contribution in [-0.2, 0) is 19.3 Å². The van der Waals surface area contributed by atoms with Crippen LogP contribution in [-0.4, -0.2) is 11.1 Å². The zero-order valence-corrected chi connectivity index (χ0v) is 13.5. The number of nitrogens with one attached hydrogen (secondary N) is 1. The minimum atomic E-state index is -0.0918. The fourth-order valence-corrected chi connectivity index (χ4v) is 3.89. The summed E-state index contributed by atoms with van der Waals surface area (Å²) in [5.41, 5.74) is 4.11. The zero-order chi connectivity index (χ0) is 15.8. The van der Waals surface area contributed by atoms with E-state index < -0.39 is 0 Å². The molecule has 4 nitrogen and oxygen atoms in total. The van der Waals surface area contributed by atoms with Crippen LogP contribution < -0.4 is 5.32 Å². The number of hydrogen-bond donors (Lipinski definition) is 1. The summed E-state index contributed by atoms with van der Waals surface area (Å²) in [7, 11) is 0. The van der Waals surface area contributed by atoms with E-state index in [0.29, 0.717) is 11.6 Å². The van der Waals surface area contributed by atoms with Crippen LogP contribution in [0.15, 0.2) is 28.8 Å². The molecule has 0 bridgehead atoms. The maximum Gasteiger partial charge on any atom is 0.274 e. The molecule has 1 N–H and O–H groups in total. The van der Waals surface area contributed by atoms with Crippen molar-refractivity contribution in [3.8, 4) is 0 Å². The molecular formula is C19H22N2O2. The summed E-state index contributed by atoms with van der Waals surface area (Å²) < 4.78 is 5.40. The predicted molar refractivity (Wildman–Crippen MR) is 87.3 cm³/mol. The van der Waals surface area contributed by atoms with Crippen LogP contribution in [0.25, 0.3) is 0 Å². The van der Waals surface area contributed by atoms with Crippen molar-refractivity contribution in [3.63, 3.8) is 0 Å². The Morgan fingerprint density at radius 1 is 1.26 bits per heavy atom. The molecule has 23 heavy (non-hydrogen) atoms. The van der Waals surface area contributed by atoms with Crippen LogP contribution in [0.3, 0.4) is 0 Å². The van der Waals surface area contributed by atoms with E-state index in [4.69, 9.17) is 4.52 Å². The first-order chi connectivity index (χ1) is 11.2. The van der Waals surface area contributed by atoms with Crippen molar-refractivity contribution in [3.05, 3.63) is 52.4 Å². The van der Waals surface area contributed by atoms with E-state index in [0.717, 1.165) is 49.8 Å². The summed E-state index contributed by atoms with van der Waals surface area (Å²) in [5, 5.41) is 7.25. The monoisotopic (exact) mass is 310 g/mol. The zero-order valence-electron chi connectivity index (χ0n) is 13.5. The number of aryl methyl sites for hydroxylation is 2. The summed E-state index contributed by atoms with van der Waals surface area (Å²) in [6, 6.07) is 8.48. The summed E-state index contributed by atoms with van der Waals surface area (Å²) >= 11 is 0. The molecule has 0 spiro atoms. The lowest BCUT2D eigenvalue weighted by molar-refractivity contribution is 0.0922. The molecule has 4 heteroatoms. The summed E-state index contributed by atoms with van der Waals surface area (Å²) in [4.78, 5) is 12.7. The van der Waals surface area contributed by atoms with Gasteiger partial charge in [-0.1, -0.05) is 36.3 Å². The highest BCUT2D eigenvalue weighted by atomic mass is 16.5. The summed E-state index contributed by atoms with van der Waals surface area (Å²) in [5.74, 6) is 1.40. The largest absolute Gasteiger partial charge is 0.360 e. The Hall–Kier alpha value is -2.10. The van der Waals surface area contributed by atoms with E-state index in [-0.39, 0.29) is 11.9 Å². The molecule has 0 saturated heterocycles. The third kappa shape index (κ3) is 2.67. The first-order valence-corrected chi connectivity index (χ1v) is 8.58. The number of benzene rings is 1. The van der Waals surface area contributed by atoms with Crippen LogP contribution in [0.4, 0.5) is 0 Å². The Bertz CT molecular complexity index is 735. The first kappa shape index (κ1) is 14.5. The molecule has 0 aliphatic heterocycles. The first-order valence-electron chi connectivity index (χ1n) is 8.58. The second-order valence-corrected chi connectivity index (χ2v) is 6.90. The lowest BCUT2D eigenvalue weighted by atomic mass is 9.86. The molecular weight excluding hydrogens is 288 g/mol. The molecule has 0 fully saturated rings. The van der Waals surface area contributed by atoms with E-state index in [1.54, 1.807) is 0 Å². The van der Waals surface area contributed by atoms with Gasteiger partial charge in [0.15, 0.2) is 5.69 Å². The number of carbonyl (C=O) groups excluding carboxylic acids is 1. The van der Waals surface area contributed by atoms with Crippen LogP contribution in [0, 0.1) is 5.92 Å². The van der Waals surface area contributed by atoms with Crippen LogP contribution >= 0.6 is 0 Å². The number of fused-ring (bicyclic) bond motifs is 2. The number of rotatable bonds is 2. The van der Waals surface area contributed by atoms with Crippen LogP contribution in [0.1, 0.15) is 65.2 Å². The average Bonchev–Trinajstić information content (AvgIpc) is 2.98. The van der Waals surface area contributed by atoms with Crippen molar-refractivity contribution in [1.82, 2.24) is 10.5 Å². The molecule has 2 aliphatic rings. The molecule has 2 atom stereocenters. The third-order valence-electron chi connectivity index (χ3n) is 5.18. The van der Waals surface area contributed by atoms with Crippen molar-refractivity contribution in [1.29, 1.82) is 0 Å².